The maximum Gasteiger partial charge on any atom is 0.273 e. The molecule has 0 radical (unpaired) electrons. The van der Waals surface area contributed by atoms with Crippen molar-refractivity contribution >= 4 is 22.6 Å². The number of hydrogen-bond acceptors (Lipinski definition) is 4. The molecule has 1 N–H and O–H groups in total. The third kappa shape index (κ3) is 4.11. The minimum Gasteiger partial charge on any atom is -0.339 e. The summed E-state index contributed by atoms with van der Waals surface area (Å²) in [5.74, 6) is -1.33. The van der Waals surface area contributed by atoms with Crippen molar-refractivity contribution in [1.82, 2.24) is 19.6 Å². The summed E-state index contributed by atoms with van der Waals surface area (Å²) in [6.45, 7) is 0.990. The molecule has 3 aromatic rings. The first kappa shape index (κ1) is 20.5. The van der Waals surface area contributed by atoms with Crippen LogP contribution in [-0.2, 0) is 11.3 Å². The lowest BCUT2D eigenvalue weighted by Gasteiger charge is -2.22. The molecule has 1 aromatic heterocycles. The molecule has 0 saturated carbocycles. The number of nitrogens with one attached hydrogen (secondary N) is 1. The maximum atomic E-state index is 14.0. The zero-order chi connectivity index (χ0) is 22.0. The molecule has 2 aromatic carbocycles. The van der Waals surface area contributed by atoms with E-state index in [2.05, 4.69) is 5.10 Å². The second-order valence-electron chi connectivity index (χ2n) is 7.38. The number of H-pyrrole nitrogens is 1. The van der Waals surface area contributed by atoms with E-state index in [4.69, 9.17) is 0 Å². The standard InChI is InChI=1S/C22H21FN4O4/c23-18-9-4-3-8-17(18)21(30)26-11-5-10-25(12-13-26)19(28)14-27-22(31)16-7-2-1-6-15(16)20(29)24-27/h1-4,6-9H,5,10-14H2,(H,24,29). The lowest BCUT2D eigenvalue weighted by Crippen LogP contribution is -2.41. The predicted molar refractivity (Wildman–Crippen MR) is 112 cm³/mol. The lowest BCUT2D eigenvalue weighted by molar-refractivity contribution is -0.132. The first-order chi connectivity index (χ1) is 15.0. The molecular weight excluding hydrogens is 403 g/mol. The molecular formula is C22H21FN4O4. The Kier molecular flexibility index (Phi) is 5.66. The van der Waals surface area contributed by atoms with Gasteiger partial charge in [-0.3, -0.25) is 24.3 Å². The highest BCUT2D eigenvalue weighted by atomic mass is 19.1. The van der Waals surface area contributed by atoms with Crippen molar-refractivity contribution in [2.24, 2.45) is 0 Å². The van der Waals surface area contributed by atoms with Crippen LogP contribution in [0.3, 0.4) is 0 Å². The molecule has 0 atom stereocenters. The second-order valence-corrected chi connectivity index (χ2v) is 7.38. The van der Waals surface area contributed by atoms with Crippen molar-refractivity contribution in [3.05, 3.63) is 80.6 Å². The molecule has 1 fully saturated rings. The summed E-state index contributed by atoms with van der Waals surface area (Å²) in [5.41, 5.74) is -0.891. The quantitative estimate of drug-likeness (QED) is 0.684. The van der Waals surface area contributed by atoms with Gasteiger partial charge in [0.05, 0.1) is 16.3 Å². The third-order valence-corrected chi connectivity index (χ3v) is 5.42. The highest BCUT2D eigenvalue weighted by molar-refractivity contribution is 5.94. The number of carbonyl (C=O) groups is 2. The number of hydrogen-bond donors (Lipinski definition) is 1. The Morgan fingerprint density at radius 2 is 1.52 bits per heavy atom. The van der Waals surface area contributed by atoms with Crippen LogP contribution in [0.25, 0.3) is 10.8 Å². The fraction of sp³-hybridized carbons (Fsp3) is 0.273. The van der Waals surface area contributed by atoms with Gasteiger partial charge in [0.1, 0.15) is 12.4 Å². The van der Waals surface area contributed by atoms with E-state index in [9.17, 15) is 23.6 Å². The van der Waals surface area contributed by atoms with Crippen molar-refractivity contribution in [2.75, 3.05) is 26.2 Å². The number of halogens is 1. The normalized spacial score (nSPS) is 14.5. The molecule has 8 nitrogen and oxygen atoms in total. The average molecular weight is 424 g/mol. The van der Waals surface area contributed by atoms with Crippen molar-refractivity contribution in [1.29, 1.82) is 0 Å². The van der Waals surface area contributed by atoms with E-state index >= 15 is 0 Å². The van der Waals surface area contributed by atoms with Gasteiger partial charge in [-0.2, -0.15) is 0 Å². The Bertz CT molecular complexity index is 1270. The zero-order valence-electron chi connectivity index (χ0n) is 16.7. The summed E-state index contributed by atoms with van der Waals surface area (Å²) in [5, 5.41) is 2.97. The monoisotopic (exact) mass is 424 g/mol. The largest absolute Gasteiger partial charge is 0.339 e. The number of aromatic nitrogens is 2. The van der Waals surface area contributed by atoms with Crippen LogP contribution in [0.4, 0.5) is 4.39 Å². The highest BCUT2D eigenvalue weighted by Gasteiger charge is 2.24. The van der Waals surface area contributed by atoms with Crippen LogP contribution < -0.4 is 11.1 Å². The van der Waals surface area contributed by atoms with Gasteiger partial charge in [0.2, 0.25) is 5.91 Å². The van der Waals surface area contributed by atoms with Crippen molar-refractivity contribution in [3.63, 3.8) is 0 Å². The molecule has 0 spiro atoms. The molecule has 31 heavy (non-hydrogen) atoms. The number of benzene rings is 2. The summed E-state index contributed by atoms with van der Waals surface area (Å²) in [7, 11) is 0. The smallest absolute Gasteiger partial charge is 0.273 e. The van der Waals surface area contributed by atoms with E-state index in [1.165, 1.54) is 23.1 Å². The number of nitrogens with zero attached hydrogens (tertiary/aromatic N) is 3. The number of fused-ring (bicyclic) bond motifs is 1. The van der Waals surface area contributed by atoms with E-state index in [-0.39, 0.29) is 41.9 Å². The lowest BCUT2D eigenvalue weighted by atomic mass is 10.2. The number of amides is 2. The Balaban J connectivity index is 1.47. The van der Waals surface area contributed by atoms with Gasteiger partial charge in [-0.25, -0.2) is 9.07 Å². The van der Waals surface area contributed by atoms with Gasteiger partial charge in [-0.05, 0) is 30.7 Å². The van der Waals surface area contributed by atoms with E-state index in [0.29, 0.717) is 19.5 Å². The fourth-order valence-corrected chi connectivity index (χ4v) is 3.77. The highest BCUT2D eigenvalue weighted by Crippen LogP contribution is 2.13. The molecule has 1 aliphatic rings. The van der Waals surface area contributed by atoms with Gasteiger partial charge in [0, 0.05) is 26.2 Å². The van der Waals surface area contributed by atoms with Crippen molar-refractivity contribution in [2.45, 2.75) is 13.0 Å². The Labute approximate surface area is 176 Å². The summed E-state index contributed by atoms with van der Waals surface area (Å²) < 4.78 is 15.0. The third-order valence-electron chi connectivity index (χ3n) is 5.42. The van der Waals surface area contributed by atoms with Crippen LogP contribution in [0.5, 0.6) is 0 Å². The van der Waals surface area contributed by atoms with E-state index in [1.807, 2.05) is 0 Å². The van der Waals surface area contributed by atoms with Crippen LogP contribution in [0.1, 0.15) is 16.8 Å². The first-order valence-corrected chi connectivity index (χ1v) is 9.99. The molecule has 4 rings (SSSR count). The Morgan fingerprint density at radius 1 is 0.871 bits per heavy atom. The van der Waals surface area contributed by atoms with Gasteiger partial charge < -0.3 is 9.80 Å². The molecule has 0 aliphatic carbocycles. The van der Waals surface area contributed by atoms with Crippen LogP contribution in [0.2, 0.25) is 0 Å². The molecule has 0 unspecified atom stereocenters. The van der Waals surface area contributed by atoms with Gasteiger partial charge in [-0.15, -0.1) is 0 Å². The summed E-state index contributed by atoms with van der Waals surface area (Å²) >= 11 is 0. The van der Waals surface area contributed by atoms with Crippen molar-refractivity contribution in [3.8, 4) is 0 Å². The average Bonchev–Trinajstić information content (AvgIpc) is 3.04. The van der Waals surface area contributed by atoms with Gasteiger partial charge in [0.15, 0.2) is 0 Å². The van der Waals surface area contributed by atoms with Crippen LogP contribution in [0, 0.1) is 5.82 Å². The fourth-order valence-electron chi connectivity index (χ4n) is 3.77. The van der Waals surface area contributed by atoms with Crippen LogP contribution >= 0.6 is 0 Å². The number of carbonyl (C=O) groups excluding carboxylic acids is 2. The summed E-state index contributed by atoms with van der Waals surface area (Å²) in [4.78, 5) is 53.4. The summed E-state index contributed by atoms with van der Waals surface area (Å²) in [6.07, 6.45) is 0.523. The molecule has 1 aliphatic heterocycles. The minimum absolute atomic E-state index is 0.00238. The molecule has 0 bridgehead atoms. The zero-order valence-corrected chi connectivity index (χ0v) is 16.7. The maximum absolute atomic E-state index is 14.0. The van der Waals surface area contributed by atoms with Crippen molar-refractivity contribution < 1.29 is 14.0 Å². The molecule has 2 heterocycles. The van der Waals surface area contributed by atoms with E-state index < -0.39 is 22.8 Å². The summed E-state index contributed by atoms with van der Waals surface area (Å²) in [6, 6.07) is 12.2. The molecule has 2 amide bonds. The number of rotatable bonds is 3. The second kappa shape index (κ2) is 8.55. The van der Waals surface area contributed by atoms with Crippen LogP contribution in [-0.4, -0.2) is 57.6 Å². The van der Waals surface area contributed by atoms with Gasteiger partial charge in [0.25, 0.3) is 17.0 Å². The topological polar surface area (TPSA) is 95.5 Å². The molecule has 1 saturated heterocycles. The minimum atomic E-state index is -0.579. The number of aromatic amines is 1. The molecule has 160 valence electrons. The first-order valence-electron chi connectivity index (χ1n) is 9.99. The SMILES string of the molecule is O=C(Cn1[nH]c(=O)c2ccccc2c1=O)N1CCCN(C(=O)c2ccccc2F)CC1. The van der Waals surface area contributed by atoms with E-state index in [1.54, 1.807) is 35.2 Å². The Morgan fingerprint density at radius 3 is 2.29 bits per heavy atom. The van der Waals surface area contributed by atoms with E-state index in [0.717, 1.165) is 4.68 Å². The molecule has 9 heteroatoms. The van der Waals surface area contributed by atoms with Crippen LogP contribution in [0.15, 0.2) is 58.1 Å². The van der Waals surface area contributed by atoms with Gasteiger partial charge >= 0.3 is 0 Å². The predicted octanol–water partition coefficient (Wildman–Crippen LogP) is 1.20. The Hall–Kier alpha value is -3.75. The van der Waals surface area contributed by atoms with Gasteiger partial charge in [-0.1, -0.05) is 24.3 Å².